The van der Waals surface area contributed by atoms with Gasteiger partial charge in [0.15, 0.2) is 5.11 Å². The minimum atomic E-state index is 0.503. The van der Waals surface area contributed by atoms with Crippen molar-refractivity contribution < 1.29 is 0 Å². The fourth-order valence-corrected chi connectivity index (χ4v) is 1.65. The van der Waals surface area contributed by atoms with Crippen molar-refractivity contribution in [2.24, 2.45) is 0 Å². The Hall–Kier alpha value is -1.95. The average Bonchev–Trinajstić information content (AvgIpc) is 2.79. The highest BCUT2D eigenvalue weighted by molar-refractivity contribution is 7.80. The summed E-state index contributed by atoms with van der Waals surface area (Å²) in [4.78, 5) is 4.14. The first-order valence-electron chi connectivity index (χ1n) is 5.61. The molecule has 0 saturated heterocycles. The van der Waals surface area contributed by atoms with E-state index in [1.165, 1.54) is 11.1 Å². The number of rotatable bonds is 3. The molecular formula is C12H15N5S. The normalized spacial score (nSPS) is 10.1. The molecular weight excluding hydrogens is 246 g/mol. The van der Waals surface area contributed by atoms with Crippen LogP contribution in [0.4, 0.5) is 5.95 Å². The topological polar surface area (TPSA) is 54.8 Å². The molecule has 18 heavy (non-hydrogen) atoms. The summed E-state index contributed by atoms with van der Waals surface area (Å²) in [7, 11) is 1.75. The van der Waals surface area contributed by atoms with Crippen LogP contribution >= 0.6 is 12.2 Å². The van der Waals surface area contributed by atoms with Gasteiger partial charge in [0, 0.05) is 7.05 Å². The molecule has 0 unspecified atom stereocenters. The van der Waals surface area contributed by atoms with Crippen LogP contribution in [0.1, 0.15) is 11.1 Å². The van der Waals surface area contributed by atoms with E-state index in [9.17, 15) is 0 Å². The highest BCUT2D eigenvalue weighted by Gasteiger charge is 2.03. The van der Waals surface area contributed by atoms with Crippen LogP contribution in [0.15, 0.2) is 30.6 Å². The molecule has 0 aliphatic carbocycles. The fraction of sp³-hybridized carbons (Fsp3) is 0.250. The van der Waals surface area contributed by atoms with Crippen molar-refractivity contribution in [1.82, 2.24) is 20.1 Å². The van der Waals surface area contributed by atoms with Crippen molar-refractivity contribution in [3.05, 3.63) is 41.7 Å². The summed E-state index contributed by atoms with van der Waals surface area (Å²) in [5.41, 5.74) is 2.47. The summed E-state index contributed by atoms with van der Waals surface area (Å²) < 4.78 is 1.78. The van der Waals surface area contributed by atoms with Crippen molar-refractivity contribution in [2.75, 3.05) is 12.4 Å². The van der Waals surface area contributed by atoms with Crippen LogP contribution in [0.2, 0.25) is 0 Å². The summed E-state index contributed by atoms with van der Waals surface area (Å²) in [6.45, 7) is 2.79. The van der Waals surface area contributed by atoms with Gasteiger partial charge in [0.2, 0.25) is 5.95 Å². The maximum Gasteiger partial charge on any atom is 0.248 e. The Balaban J connectivity index is 2.07. The molecule has 2 aromatic rings. The molecule has 0 radical (unpaired) electrons. The maximum absolute atomic E-state index is 4.99. The van der Waals surface area contributed by atoms with E-state index >= 15 is 0 Å². The smallest absolute Gasteiger partial charge is 0.248 e. The predicted molar refractivity (Wildman–Crippen MR) is 75.6 cm³/mol. The quantitative estimate of drug-likeness (QED) is 0.821. The monoisotopic (exact) mass is 261 g/mol. The predicted octanol–water partition coefficient (Wildman–Crippen LogP) is 1.55. The fourth-order valence-electron chi connectivity index (χ4n) is 1.55. The zero-order valence-electron chi connectivity index (χ0n) is 10.3. The van der Waals surface area contributed by atoms with Gasteiger partial charge in [-0.05, 0) is 30.3 Å². The van der Waals surface area contributed by atoms with Crippen molar-refractivity contribution >= 4 is 23.3 Å². The zero-order chi connectivity index (χ0) is 13.0. The number of aromatic nitrogens is 3. The molecule has 0 aliphatic heterocycles. The average molecular weight is 261 g/mol. The van der Waals surface area contributed by atoms with Gasteiger partial charge in [-0.2, -0.15) is 0 Å². The van der Waals surface area contributed by atoms with Gasteiger partial charge in [-0.3, -0.25) is 5.32 Å². The lowest BCUT2D eigenvalue weighted by atomic mass is 10.1. The Bertz CT molecular complexity index is 549. The Morgan fingerprint density at radius 1 is 1.39 bits per heavy atom. The van der Waals surface area contributed by atoms with E-state index < -0.39 is 0 Å². The van der Waals surface area contributed by atoms with Gasteiger partial charge in [-0.15, -0.1) is 5.10 Å². The first-order chi connectivity index (χ1) is 8.69. The molecule has 0 saturated carbocycles. The lowest BCUT2D eigenvalue weighted by Crippen LogP contribution is -2.24. The summed E-state index contributed by atoms with van der Waals surface area (Å²) in [6, 6.07) is 8.22. The van der Waals surface area contributed by atoms with E-state index in [1.807, 2.05) is 12.1 Å². The van der Waals surface area contributed by atoms with Gasteiger partial charge >= 0.3 is 0 Å². The van der Waals surface area contributed by atoms with Crippen molar-refractivity contribution in [2.45, 2.75) is 13.5 Å². The van der Waals surface area contributed by atoms with Gasteiger partial charge in [0.05, 0.1) is 6.54 Å². The van der Waals surface area contributed by atoms with Gasteiger partial charge in [0.1, 0.15) is 6.33 Å². The lowest BCUT2D eigenvalue weighted by molar-refractivity contribution is 0.684. The number of nitrogens with zero attached hydrogens (tertiary/aromatic N) is 3. The van der Waals surface area contributed by atoms with E-state index in [0.717, 1.165) is 0 Å². The van der Waals surface area contributed by atoms with Crippen molar-refractivity contribution in [3.8, 4) is 0 Å². The number of benzene rings is 1. The molecule has 1 aromatic heterocycles. The number of hydrogen-bond acceptors (Lipinski definition) is 3. The number of anilines is 1. The first-order valence-corrected chi connectivity index (χ1v) is 6.02. The third-order valence-corrected chi connectivity index (χ3v) is 2.89. The largest absolute Gasteiger partial charge is 0.365 e. The Morgan fingerprint density at radius 3 is 2.89 bits per heavy atom. The van der Waals surface area contributed by atoms with Gasteiger partial charge in [-0.25, -0.2) is 9.67 Å². The van der Waals surface area contributed by atoms with Crippen LogP contribution in [0.25, 0.3) is 0 Å². The number of nitrogens with one attached hydrogen (secondary N) is 2. The molecule has 0 bridgehead atoms. The molecule has 6 heteroatoms. The second-order valence-corrected chi connectivity index (χ2v) is 4.30. The minimum Gasteiger partial charge on any atom is -0.365 e. The molecule has 94 valence electrons. The summed E-state index contributed by atoms with van der Waals surface area (Å²) in [5.74, 6) is 0.503. The molecule has 0 fully saturated rings. The highest BCUT2D eigenvalue weighted by Crippen LogP contribution is 2.09. The number of thiocarbonyl (C=S) groups is 1. The maximum atomic E-state index is 4.99. The highest BCUT2D eigenvalue weighted by atomic mass is 32.1. The molecule has 0 atom stereocenters. The lowest BCUT2D eigenvalue weighted by Gasteiger charge is -2.05. The van der Waals surface area contributed by atoms with Crippen LogP contribution in [0.5, 0.6) is 0 Å². The van der Waals surface area contributed by atoms with Gasteiger partial charge < -0.3 is 5.32 Å². The molecule has 1 heterocycles. The molecule has 0 aliphatic rings. The molecule has 1 aromatic carbocycles. The van der Waals surface area contributed by atoms with E-state index in [-0.39, 0.29) is 0 Å². The van der Waals surface area contributed by atoms with Crippen LogP contribution in [0, 0.1) is 6.92 Å². The minimum absolute atomic E-state index is 0.503. The molecule has 0 spiro atoms. The van der Waals surface area contributed by atoms with E-state index in [0.29, 0.717) is 17.6 Å². The Labute approximate surface area is 111 Å². The second-order valence-electron chi connectivity index (χ2n) is 3.90. The SMILES string of the molecule is CNC(=S)Nc1ncn(Cc2ccccc2C)n1. The summed E-state index contributed by atoms with van der Waals surface area (Å²) >= 11 is 4.99. The Morgan fingerprint density at radius 2 is 2.17 bits per heavy atom. The van der Waals surface area contributed by atoms with Crippen LogP contribution in [0.3, 0.4) is 0 Å². The van der Waals surface area contributed by atoms with Gasteiger partial charge in [0.25, 0.3) is 0 Å². The first kappa shape index (κ1) is 12.5. The number of hydrogen-bond donors (Lipinski definition) is 2. The van der Waals surface area contributed by atoms with Crippen LogP contribution < -0.4 is 10.6 Å². The van der Waals surface area contributed by atoms with Gasteiger partial charge in [-0.1, -0.05) is 24.3 Å². The second kappa shape index (κ2) is 5.59. The Kier molecular flexibility index (Phi) is 3.88. The molecule has 5 nitrogen and oxygen atoms in total. The molecule has 0 amide bonds. The van der Waals surface area contributed by atoms with E-state index in [4.69, 9.17) is 12.2 Å². The number of aryl methyl sites for hydroxylation is 1. The van der Waals surface area contributed by atoms with Crippen LogP contribution in [-0.4, -0.2) is 26.9 Å². The summed E-state index contributed by atoms with van der Waals surface area (Å²) in [6.07, 6.45) is 1.69. The van der Waals surface area contributed by atoms with Crippen molar-refractivity contribution in [3.63, 3.8) is 0 Å². The van der Waals surface area contributed by atoms with E-state index in [1.54, 1.807) is 18.1 Å². The van der Waals surface area contributed by atoms with Crippen LogP contribution in [-0.2, 0) is 6.54 Å². The standard InChI is InChI=1S/C12H15N5S/c1-9-5-3-4-6-10(9)7-17-8-14-11(16-17)15-12(18)13-2/h3-6,8H,7H2,1-2H3,(H2,13,15,16,18). The third kappa shape index (κ3) is 3.04. The van der Waals surface area contributed by atoms with Crippen molar-refractivity contribution in [1.29, 1.82) is 0 Å². The zero-order valence-corrected chi connectivity index (χ0v) is 11.2. The van der Waals surface area contributed by atoms with E-state index in [2.05, 4.69) is 39.8 Å². The molecule has 2 rings (SSSR count). The molecule has 2 N–H and O–H groups in total. The summed E-state index contributed by atoms with van der Waals surface area (Å²) in [5, 5.41) is 10.5. The third-order valence-electron chi connectivity index (χ3n) is 2.58.